The number of carbonyl (C=O) groups is 2. The summed E-state index contributed by atoms with van der Waals surface area (Å²) in [4.78, 5) is 24.5. The van der Waals surface area contributed by atoms with Crippen molar-refractivity contribution in [1.29, 1.82) is 0 Å². The van der Waals surface area contributed by atoms with E-state index >= 15 is 0 Å². The standard InChI is InChI=1S/C28H34O6/c1-17(2)13-31-25(29)15-33-27-21-9-7-19(5)11-23(21)28(24-12-20(6)8-10-22(24)27)34-16-26(30)32-14-18(3)4/h7-12,17-18H,13-16H2,1-6H3. The van der Waals surface area contributed by atoms with Gasteiger partial charge in [0.05, 0.1) is 13.2 Å². The van der Waals surface area contributed by atoms with E-state index in [1.165, 1.54) is 0 Å². The number of hydrogen-bond acceptors (Lipinski definition) is 6. The van der Waals surface area contributed by atoms with Gasteiger partial charge in [0.2, 0.25) is 0 Å². The Morgan fingerprint density at radius 1 is 0.647 bits per heavy atom. The van der Waals surface area contributed by atoms with E-state index in [9.17, 15) is 9.59 Å². The molecule has 0 heterocycles. The molecule has 182 valence electrons. The van der Waals surface area contributed by atoms with Crippen molar-refractivity contribution in [3.8, 4) is 11.5 Å². The molecule has 0 aliphatic rings. The lowest BCUT2D eigenvalue weighted by Gasteiger charge is -2.18. The molecule has 0 saturated carbocycles. The first-order valence-electron chi connectivity index (χ1n) is 11.7. The summed E-state index contributed by atoms with van der Waals surface area (Å²) < 4.78 is 22.7. The molecule has 3 aromatic carbocycles. The number of hydrogen-bond donors (Lipinski definition) is 0. The molecular formula is C28H34O6. The first-order chi connectivity index (χ1) is 16.2. The molecule has 0 fully saturated rings. The number of rotatable bonds is 10. The van der Waals surface area contributed by atoms with Crippen LogP contribution < -0.4 is 9.47 Å². The highest BCUT2D eigenvalue weighted by atomic mass is 16.6. The van der Waals surface area contributed by atoms with Crippen LogP contribution >= 0.6 is 0 Å². The molecule has 0 bridgehead atoms. The van der Waals surface area contributed by atoms with Gasteiger partial charge in [-0.1, -0.05) is 63.1 Å². The highest BCUT2D eigenvalue weighted by molar-refractivity contribution is 6.11. The van der Waals surface area contributed by atoms with Gasteiger partial charge < -0.3 is 18.9 Å². The summed E-state index contributed by atoms with van der Waals surface area (Å²) >= 11 is 0. The molecule has 0 aliphatic heterocycles. The maximum atomic E-state index is 12.3. The summed E-state index contributed by atoms with van der Waals surface area (Å²) in [6, 6.07) is 11.8. The maximum Gasteiger partial charge on any atom is 0.344 e. The fraction of sp³-hybridized carbons (Fsp3) is 0.429. The van der Waals surface area contributed by atoms with E-state index in [4.69, 9.17) is 18.9 Å². The number of benzene rings is 3. The molecular weight excluding hydrogens is 432 g/mol. The Balaban J connectivity index is 2.02. The fourth-order valence-corrected chi connectivity index (χ4v) is 3.55. The van der Waals surface area contributed by atoms with Gasteiger partial charge >= 0.3 is 11.9 Å². The smallest absolute Gasteiger partial charge is 0.344 e. The van der Waals surface area contributed by atoms with Crippen LogP contribution in [0, 0.1) is 25.7 Å². The predicted octanol–water partition coefficient (Wildman–Crippen LogP) is 5.77. The molecule has 6 heteroatoms. The largest absolute Gasteiger partial charge is 0.481 e. The van der Waals surface area contributed by atoms with E-state index in [0.29, 0.717) is 24.7 Å². The normalized spacial score (nSPS) is 11.3. The molecule has 0 spiro atoms. The van der Waals surface area contributed by atoms with E-state index in [1.54, 1.807) is 0 Å². The Bertz CT molecular complexity index is 1120. The summed E-state index contributed by atoms with van der Waals surface area (Å²) in [7, 11) is 0. The van der Waals surface area contributed by atoms with Crippen molar-refractivity contribution >= 4 is 33.5 Å². The van der Waals surface area contributed by atoms with Gasteiger partial charge in [0.15, 0.2) is 13.2 Å². The van der Waals surface area contributed by atoms with Crippen LogP contribution in [0.2, 0.25) is 0 Å². The van der Waals surface area contributed by atoms with Crippen LogP contribution in [-0.2, 0) is 19.1 Å². The molecule has 3 aromatic rings. The van der Waals surface area contributed by atoms with E-state index in [2.05, 4.69) is 0 Å². The van der Waals surface area contributed by atoms with Gasteiger partial charge in [0.25, 0.3) is 0 Å². The zero-order chi connectivity index (χ0) is 24.8. The van der Waals surface area contributed by atoms with Crippen LogP contribution in [0.1, 0.15) is 38.8 Å². The zero-order valence-corrected chi connectivity index (χ0v) is 20.9. The summed E-state index contributed by atoms with van der Waals surface area (Å²) in [5.74, 6) is 0.848. The summed E-state index contributed by atoms with van der Waals surface area (Å²) in [5.41, 5.74) is 2.07. The van der Waals surface area contributed by atoms with Crippen molar-refractivity contribution < 1.29 is 28.5 Å². The van der Waals surface area contributed by atoms with Crippen molar-refractivity contribution in [2.24, 2.45) is 11.8 Å². The Morgan fingerprint density at radius 2 is 1.03 bits per heavy atom. The molecule has 0 atom stereocenters. The third-order valence-corrected chi connectivity index (χ3v) is 5.15. The topological polar surface area (TPSA) is 71.1 Å². The van der Waals surface area contributed by atoms with E-state index in [0.717, 1.165) is 32.7 Å². The lowest BCUT2D eigenvalue weighted by Crippen LogP contribution is -2.18. The lowest BCUT2D eigenvalue weighted by atomic mass is 9.98. The molecule has 0 radical (unpaired) electrons. The molecule has 0 saturated heterocycles. The van der Waals surface area contributed by atoms with Crippen molar-refractivity contribution in [3.05, 3.63) is 47.5 Å². The molecule has 0 N–H and O–H groups in total. The first kappa shape index (κ1) is 25.3. The highest BCUT2D eigenvalue weighted by Crippen LogP contribution is 2.43. The van der Waals surface area contributed by atoms with Crippen molar-refractivity contribution in [2.45, 2.75) is 41.5 Å². The number of esters is 2. The minimum atomic E-state index is -0.414. The second kappa shape index (κ2) is 11.2. The molecule has 6 nitrogen and oxygen atoms in total. The molecule has 34 heavy (non-hydrogen) atoms. The van der Waals surface area contributed by atoms with Gasteiger partial charge in [0, 0.05) is 21.5 Å². The lowest BCUT2D eigenvalue weighted by molar-refractivity contribution is -0.147. The third-order valence-electron chi connectivity index (χ3n) is 5.15. The Hall–Kier alpha value is -3.28. The number of ether oxygens (including phenoxy) is 4. The summed E-state index contributed by atoms with van der Waals surface area (Å²) in [6.07, 6.45) is 0. The van der Waals surface area contributed by atoms with Crippen LogP contribution in [0.5, 0.6) is 11.5 Å². The molecule has 0 amide bonds. The molecule has 0 unspecified atom stereocenters. The van der Waals surface area contributed by atoms with Crippen molar-refractivity contribution in [2.75, 3.05) is 26.4 Å². The average molecular weight is 467 g/mol. The zero-order valence-electron chi connectivity index (χ0n) is 20.9. The van der Waals surface area contributed by atoms with Crippen LogP contribution in [0.4, 0.5) is 0 Å². The number of aryl methyl sites for hydroxylation is 2. The molecule has 0 aliphatic carbocycles. The summed E-state index contributed by atoms with van der Waals surface area (Å²) in [6.45, 7) is 12.2. The van der Waals surface area contributed by atoms with Gasteiger partial charge in [-0.2, -0.15) is 0 Å². The van der Waals surface area contributed by atoms with E-state index in [1.807, 2.05) is 77.9 Å². The monoisotopic (exact) mass is 466 g/mol. The summed E-state index contributed by atoms with van der Waals surface area (Å²) in [5, 5.41) is 3.20. The van der Waals surface area contributed by atoms with Crippen LogP contribution in [0.25, 0.3) is 21.5 Å². The average Bonchev–Trinajstić information content (AvgIpc) is 2.78. The van der Waals surface area contributed by atoms with E-state index in [-0.39, 0.29) is 25.0 Å². The van der Waals surface area contributed by atoms with Gasteiger partial charge in [-0.15, -0.1) is 0 Å². The van der Waals surface area contributed by atoms with Gasteiger partial charge in [0.1, 0.15) is 11.5 Å². The van der Waals surface area contributed by atoms with Gasteiger partial charge in [-0.05, 0) is 37.8 Å². The third kappa shape index (κ3) is 6.40. The fourth-order valence-electron chi connectivity index (χ4n) is 3.55. The van der Waals surface area contributed by atoms with E-state index < -0.39 is 11.9 Å². The number of fused-ring (bicyclic) bond motifs is 2. The molecule has 3 rings (SSSR count). The number of carbonyl (C=O) groups excluding carboxylic acids is 2. The second-order valence-electron chi connectivity index (χ2n) is 9.49. The minimum absolute atomic E-state index is 0.194. The quantitative estimate of drug-likeness (QED) is 0.279. The molecule has 0 aromatic heterocycles. The van der Waals surface area contributed by atoms with Gasteiger partial charge in [-0.25, -0.2) is 9.59 Å². The van der Waals surface area contributed by atoms with Crippen LogP contribution in [0.3, 0.4) is 0 Å². The SMILES string of the molecule is Cc1ccc2c(OCC(=O)OCC(C)C)c3ccc(C)cc3c(OCC(=O)OCC(C)C)c2c1. The van der Waals surface area contributed by atoms with Crippen LogP contribution in [0.15, 0.2) is 36.4 Å². The predicted molar refractivity (Wildman–Crippen MR) is 134 cm³/mol. The maximum absolute atomic E-state index is 12.3. The van der Waals surface area contributed by atoms with Gasteiger partial charge in [-0.3, -0.25) is 0 Å². The van der Waals surface area contributed by atoms with Crippen molar-refractivity contribution in [1.82, 2.24) is 0 Å². The second-order valence-corrected chi connectivity index (χ2v) is 9.49. The minimum Gasteiger partial charge on any atom is -0.481 e. The Morgan fingerprint density at radius 3 is 1.41 bits per heavy atom. The Labute approximate surface area is 201 Å². The van der Waals surface area contributed by atoms with Crippen molar-refractivity contribution in [3.63, 3.8) is 0 Å². The first-order valence-corrected chi connectivity index (χ1v) is 11.7. The highest BCUT2D eigenvalue weighted by Gasteiger charge is 2.19. The van der Waals surface area contributed by atoms with Crippen LogP contribution in [-0.4, -0.2) is 38.4 Å². The Kier molecular flexibility index (Phi) is 8.37.